The lowest BCUT2D eigenvalue weighted by molar-refractivity contribution is 0.0673. The molecule has 0 aromatic heterocycles. The maximum atomic E-state index is 14.1. The van der Waals surface area contributed by atoms with Crippen LogP contribution in [0.25, 0.3) is 0 Å². The molecule has 0 bridgehead atoms. The minimum absolute atomic E-state index is 0.0164. The van der Waals surface area contributed by atoms with Crippen LogP contribution in [0.5, 0.6) is 0 Å². The fourth-order valence-corrected chi connectivity index (χ4v) is 1.68. The van der Waals surface area contributed by atoms with Crippen LogP contribution in [0, 0.1) is 0 Å². The van der Waals surface area contributed by atoms with Crippen molar-refractivity contribution >= 4 is 5.97 Å². The highest BCUT2D eigenvalue weighted by atomic mass is 19.1. The van der Waals surface area contributed by atoms with E-state index in [1.54, 1.807) is 18.2 Å². The third kappa shape index (κ3) is 3.39. The Bertz CT molecular complexity index is 417. The number of carboxylic acids is 1. The Morgan fingerprint density at radius 3 is 2.65 bits per heavy atom. The molecule has 0 radical (unpaired) electrons. The van der Waals surface area contributed by atoms with Gasteiger partial charge in [0.15, 0.2) is 0 Å². The second kappa shape index (κ2) is 5.59. The molecule has 0 spiro atoms. The summed E-state index contributed by atoms with van der Waals surface area (Å²) < 4.78 is 14.1. The number of allylic oxidation sites excluding steroid dienone is 1. The van der Waals surface area contributed by atoms with Gasteiger partial charge in [-0.25, -0.2) is 9.18 Å². The van der Waals surface area contributed by atoms with Crippen molar-refractivity contribution in [1.82, 2.24) is 0 Å². The van der Waals surface area contributed by atoms with Crippen molar-refractivity contribution in [3.63, 3.8) is 0 Å². The number of hydrogen-bond donors (Lipinski definition) is 2. The van der Waals surface area contributed by atoms with E-state index in [4.69, 9.17) is 10.2 Å². The summed E-state index contributed by atoms with van der Waals surface area (Å²) in [4.78, 5) is 10.9. The van der Waals surface area contributed by atoms with Gasteiger partial charge in [0.2, 0.25) is 0 Å². The first kappa shape index (κ1) is 13.4. The molecule has 0 saturated heterocycles. The predicted octanol–water partition coefficient (Wildman–Crippen LogP) is 2.20. The number of aliphatic hydroxyl groups excluding tert-OH is 1. The number of carboxylic acid groups (broad SMARTS) is 1. The lowest BCUT2D eigenvalue weighted by Gasteiger charge is -2.22. The van der Waals surface area contributed by atoms with Gasteiger partial charge in [0.1, 0.15) is 5.67 Å². The SMILES string of the molecule is C=CC[C@](F)(CO)Cc1ccccc1C(=O)O. The second-order valence-electron chi connectivity index (χ2n) is 3.94. The predicted molar refractivity (Wildman–Crippen MR) is 62.8 cm³/mol. The minimum atomic E-state index is -1.85. The van der Waals surface area contributed by atoms with Gasteiger partial charge in [-0.1, -0.05) is 24.3 Å². The Kier molecular flexibility index (Phi) is 4.40. The van der Waals surface area contributed by atoms with Crippen LogP contribution in [-0.4, -0.2) is 28.5 Å². The van der Waals surface area contributed by atoms with Gasteiger partial charge >= 0.3 is 5.97 Å². The Morgan fingerprint density at radius 1 is 1.47 bits per heavy atom. The third-order valence-electron chi connectivity index (χ3n) is 2.55. The topological polar surface area (TPSA) is 57.5 Å². The molecule has 2 N–H and O–H groups in total. The Balaban J connectivity index is 3.01. The number of alkyl halides is 1. The molecule has 0 heterocycles. The summed E-state index contributed by atoms with van der Waals surface area (Å²) in [5.41, 5.74) is -1.42. The van der Waals surface area contributed by atoms with Crippen molar-refractivity contribution < 1.29 is 19.4 Å². The smallest absolute Gasteiger partial charge is 0.335 e. The van der Waals surface area contributed by atoms with Gasteiger partial charge in [-0.15, -0.1) is 6.58 Å². The number of benzene rings is 1. The van der Waals surface area contributed by atoms with Crippen LogP contribution in [0.3, 0.4) is 0 Å². The Labute approximate surface area is 99.2 Å². The number of hydrogen-bond acceptors (Lipinski definition) is 2. The van der Waals surface area contributed by atoms with Gasteiger partial charge in [-0.3, -0.25) is 0 Å². The van der Waals surface area contributed by atoms with E-state index >= 15 is 0 Å². The summed E-state index contributed by atoms with van der Waals surface area (Å²) in [6, 6.07) is 6.20. The monoisotopic (exact) mass is 238 g/mol. The molecular formula is C13H15FO3. The molecule has 4 heteroatoms. The fourth-order valence-electron chi connectivity index (χ4n) is 1.68. The standard InChI is InChI=1S/C13H15FO3/c1-2-7-13(14,9-15)8-10-5-3-4-6-11(10)12(16)17/h2-6,15H,1,7-9H2,(H,16,17)/t13-/m1/s1. The molecule has 0 saturated carbocycles. The van der Waals surface area contributed by atoms with E-state index in [9.17, 15) is 9.18 Å². The Hall–Kier alpha value is -1.68. The largest absolute Gasteiger partial charge is 0.478 e. The van der Waals surface area contributed by atoms with Crippen LogP contribution in [-0.2, 0) is 6.42 Å². The van der Waals surface area contributed by atoms with Crippen LogP contribution in [0.4, 0.5) is 4.39 Å². The minimum Gasteiger partial charge on any atom is -0.478 e. The molecule has 3 nitrogen and oxygen atoms in total. The van der Waals surface area contributed by atoms with E-state index in [2.05, 4.69) is 6.58 Å². The van der Waals surface area contributed by atoms with Gasteiger partial charge in [0, 0.05) is 12.8 Å². The van der Waals surface area contributed by atoms with E-state index in [0.29, 0.717) is 5.56 Å². The van der Waals surface area contributed by atoms with Crippen LogP contribution >= 0.6 is 0 Å². The summed E-state index contributed by atoms with van der Waals surface area (Å²) in [6.07, 6.45) is 1.22. The highest BCUT2D eigenvalue weighted by molar-refractivity contribution is 5.89. The van der Waals surface area contributed by atoms with Crippen LogP contribution in [0.15, 0.2) is 36.9 Å². The molecular weight excluding hydrogens is 223 g/mol. The quantitative estimate of drug-likeness (QED) is 0.747. The van der Waals surface area contributed by atoms with Gasteiger partial charge in [0.05, 0.1) is 12.2 Å². The fraction of sp³-hybridized carbons (Fsp3) is 0.308. The van der Waals surface area contributed by atoms with E-state index < -0.39 is 18.2 Å². The molecule has 0 amide bonds. The van der Waals surface area contributed by atoms with Crippen molar-refractivity contribution in [2.75, 3.05) is 6.61 Å². The zero-order valence-electron chi connectivity index (χ0n) is 9.40. The number of carbonyl (C=O) groups is 1. The molecule has 1 atom stereocenters. The highest BCUT2D eigenvalue weighted by Crippen LogP contribution is 2.24. The van der Waals surface area contributed by atoms with E-state index in [-0.39, 0.29) is 18.4 Å². The average Bonchev–Trinajstić information content (AvgIpc) is 2.29. The van der Waals surface area contributed by atoms with Crippen molar-refractivity contribution in [3.05, 3.63) is 48.0 Å². The zero-order chi connectivity index (χ0) is 12.9. The van der Waals surface area contributed by atoms with Crippen molar-refractivity contribution in [2.24, 2.45) is 0 Å². The van der Waals surface area contributed by atoms with E-state index in [1.807, 2.05) is 0 Å². The molecule has 0 aliphatic heterocycles. The van der Waals surface area contributed by atoms with Crippen molar-refractivity contribution in [1.29, 1.82) is 0 Å². The summed E-state index contributed by atoms with van der Waals surface area (Å²) in [5.74, 6) is -1.10. The van der Waals surface area contributed by atoms with Crippen LogP contribution in [0.1, 0.15) is 22.3 Å². The molecule has 0 fully saturated rings. The Morgan fingerprint density at radius 2 is 2.12 bits per heavy atom. The lowest BCUT2D eigenvalue weighted by Crippen LogP contribution is -2.30. The maximum absolute atomic E-state index is 14.1. The van der Waals surface area contributed by atoms with Gasteiger partial charge in [-0.2, -0.15) is 0 Å². The molecule has 1 aromatic rings. The van der Waals surface area contributed by atoms with Gasteiger partial charge < -0.3 is 10.2 Å². The lowest BCUT2D eigenvalue weighted by atomic mass is 9.91. The molecule has 0 aliphatic rings. The van der Waals surface area contributed by atoms with Gasteiger partial charge in [0.25, 0.3) is 0 Å². The zero-order valence-corrected chi connectivity index (χ0v) is 9.40. The first-order chi connectivity index (χ1) is 8.02. The van der Waals surface area contributed by atoms with Gasteiger partial charge in [-0.05, 0) is 11.6 Å². The maximum Gasteiger partial charge on any atom is 0.335 e. The van der Waals surface area contributed by atoms with E-state index in [1.165, 1.54) is 12.1 Å². The highest BCUT2D eigenvalue weighted by Gasteiger charge is 2.29. The summed E-state index contributed by atoms with van der Waals surface area (Å²) in [6.45, 7) is 2.77. The van der Waals surface area contributed by atoms with E-state index in [0.717, 1.165) is 0 Å². The number of rotatable bonds is 6. The normalized spacial score (nSPS) is 14.0. The average molecular weight is 238 g/mol. The second-order valence-corrected chi connectivity index (χ2v) is 3.94. The number of aromatic carboxylic acids is 1. The molecule has 0 unspecified atom stereocenters. The van der Waals surface area contributed by atoms with Crippen LogP contribution < -0.4 is 0 Å². The van der Waals surface area contributed by atoms with Crippen molar-refractivity contribution in [3.8, 4) is 0 Å². The van der Waals surface area contributed by atoms with Crippen molar-refractivity contribution in [2.45, 2.75) is 18.5 Å². The first-order valence-electron chi connectivity index (χ1n) is 5.24. The molecule has 17 heavy (non-hydrogen) atoms. The molecule has 1 aromatic carbocycles. The molecule has 0 aliphatic carbocycles. The third-order valence-corrected chi connectivity index (χ3v) is 2.55. The summed E-state index contributed by atoms with van der Waals surface area (Å²) in [7, 11) is 0. The number of aliphatic hydroxyl groups is 1. The molecule has 1 rings (SSSR count). The number of halogens is 1. The summed E-state index contributed by atoms with van der Waals surface area (Å²) in [5, 5.41) is 18.0. The molecule has 92 valence electrons. The first-order valence-corrected chi connectivity index (χ1v) is 5.24. The summed E-state index contributed by atoms with van der Waals surface area (Å²) >= 11 is 0. The van der Waals surface area contributed by atoms with Crippen LogP contribution in [0.2, 0.25) is 0 Å².